The lowest BCUT2D eigenvalue weighted by Crippen LogP contribution is -2.39. The first-order valence-electron chi connectivity index (χ1n) is 5.81. The van der Waals surface area contributed by atoms with Crippen LogP contribution >= 0.6 is 0 Å². The van der Waals surface area contributed by atoms with Gasteiger partial charge in [-0.1, -0.05) is 18.2 Å². The summed E-state index contributed by atoms with van der Waals surface area (Å²) in [6.45, 7) is 0.750. The van der Waals surface area contributed by atoms with Crippen molar-refractivity contribution in [1.29, 1.82) is 0 Å². The molecule has 1 heterocycles. The van der Waals surface area contributed by atoms with Crippen LogP contribution in [0.2, 0.25) is 0 Å². The van der Waals surface area contributed by atoms with Gasteiger partial charge in [0.05, 0.1) is 12.9 Å². The van der Waals surface area contributed by atoms with Crippen LogP contribution in [0.5, 0.6) is 0 Å². The van der Waals surface area contributed by atoms with E-state index in [0.29, 0.717) is 12.0 Å². The molecule has 0 radical (unpaired) electrons. The van der Waals surface area contributed by atoms with Crippen molar-refractivity contribution < 1.29 is 9.13 Å². The fraction of sp³-hybridized carbons (Fsp3) is 0.385. The number of rotatable bonds is 4. The highest BCUT2D eigenvalue weighted by Gasteiger charge is 2.17. The number of nitrogens with two attached hydrogens (primary N) is 1. The van der Waals surface area contributed by atoms with Crippen molar-refractivity contribution in [1.82, 2.24) is 5.43 Å². The van der Waals surface area contributed by atoms with E-state index in [1.165, 1.54) is 6.07 Å². The van der Waals surface area contributed by atoms with Crippen LogP contribution in [0.3, 0.4) is 0 Å². The van der Waals surface area contributed by atoms with Crippen molar-refractivity contribution >= 4 is 0 Å². The zero-order valence-electron chi connectivity index (χ0n) is 9.66. The van der Waals surface area contributed by atoms with Crippen LogP contribution in [-0.4, -0.2) is 12.6 Å². The van der Waals surface area contributed by atoms with E-state index < -0.39 is 0 Å². The Kier molecular flexibility index (Phi) is 4.12. The summed E-state index contributed by atoms with van der Waals surface area (Å²) in [5.41, 5.74) is 4.50. The van der Waals surface area contributed by atoms with Crippen LogP contribution in [0.1, 0.15) is 18.4 Å². The summed E-state index contributed by atoms with van der Waals surface area (Å²) in [4.78, 5) is 0. The number of halogens is 1. The molecule has 2 rings (SSSR count). The molecule has 0 bridgehead atoms. The van der Waals surface area contributed by atoms with Gasteiger partial charge in [-0.25, -0.2) is 4.39 Å². The van der Waals surface area contributed by atoms with Crippen LogP contribution in [-0.2, 0) is 11.2 Å². The average molecular weight is 236 g/mol. The Hall–Kier alpha value is -1.39. The van der Waals surface area contributed by atoms with Crippen molar-refractivity contribution in [2.24, 2.45) is 5.84 Å². The Morgan fingerprint density at radius 1 is 1.41 bits per heavy atom. The van der Waals surface area contributed by atoms with E-state index in [2.05, 4.69) is 5.43 Å². The number of hydrazine groups is 1. The topological polar surface area (TPSA) is 47.3 Å². The third-order valence-electron chi connectivity index (χ3n) is 2.99. The Labute approximate surface area is 100 Å². The lowest BCUT2D eigenvalue weighted by molar-refractivity contribution is 0.219. The summed E-state index contributed by atoms with van der Waals surface area (Å²) in [5.74, 6) is 5.34. The first-order valence-corrected chi connectivity index (χ1v) is 5.81. The van der Waals surface area contributed by atoms with Crippen molar-refractivity contribution in [3.63, 3.8) is 0 Å². The van der Waals surface area contributed by atoms with Gasteiger partial charge in [0.2, 0.25) is 0 Å². The van der Waals surface area contributed by atoms with Crippen LogP contribution in [0.15, 0.2) is 36.1 Å². The van der Waals surface area contributed by atoms with Gasteiger partial charge in [0.15, 0.2) is 0 Å². The lowest BCUT2D eigenvalue weighted by atomic mass is 9.96. The Bertz CT molecular complexity index is 406. The van der Waals surface area contributed by atoms with E-state index >= 15 is 0 Å². The number of nitrogens with one attached hydrogen (secondary N) is 1. The van der Waals surface area contributed by atoms with Gasteiger partial charge in [0, 0.05) is 6.04 Å². The van der Waals surface area contributed by atoms with E-state index in [1.807, 2.05) is 6.07 Å². The number of benzene rings is 1. The van der Waals surface area contributed by atoms with Gasteiger partial charge in [0.25, 0.3) is 0 Å². The number of hydrogen-bond donors (Lipinski definition) is 2. The van der Waals surface area contributed by atoms with Crippen molar-refractivity contribution in [2.45, 2.75) is 25.3 Å². The summed E-state index contributed by atoms with van der Waals surface area (Å²) < 4.78 is 18.8. The van der Waals surface area contributed by atoms with E-state index in [0.717, 1.165) is 25.0 Å². The summed E-state index contributed by atoms with van der Waals surface area (Å²) >= 11 is 0. The second kappa shape index (κ2) is 5.80. The third kappa shape index (κ3) is 3.05. The van der Waals surface area contributed by atoms with Gasteiger partial charge in [0.1, 0.15) is 5.82 Å². The number of ether oxygens (including phenoxy) is 1. The summed E-state index contributed by atoms with van der Waals surface area (Å²) in [6, 6.07) is 6.70. The molecule has 0 saturated carbocycles. The molecule has 0 spiro atoms. The molecular weight excluding hydrogens is 219 g/mol. The summed E-state index contributed by atoms with van der Waals surface area (Å²) in [7, 11) is 0. The Morgan fingerprint density at radius 3 is 2.88 bits per heavy atom. The maximum absolute atomic E-state index is 13.5. The molecule has 1 atom stereocenters. The van der Waals surface area contributed by atoms with Crippen molar-refractivity contribution in [3.05, 3.63) is 47.5 Å². The molecule has 0 amide bonds. The number of hydrogen-bond acceptors (Lipinski definition) is 3. The summed E-state index contributed by atoms with van der Waals surface area (Å²) in [6.07, 6.45) is 4.22. The molecule has 3 N–H and O–H groups in total. The highest BCUT2D eigenvalue weighted by atomic mass is 19.1. The quantitative estimate of drug-likeness (QED) is 0.620. The molecule has 0 aliphatic carbocycles. The highest BCUT2D eigenvalue weighted by Crippen LogP contribution is 2.19. The molecule has 1 aromatic carbocycles. The second-order valence-electron chi connectivity index (χ2n) is 4.18. The first-order chi connectivity index (χ1) is 8.31. The minimum absolute atomic E-state index is 0.0628. The van der Waals surface area contributed by atoms with Crippen LogP contribution < -0.4 is 11.3 Å². The minimum Gasteiger partial charge on any atom is -0.501 e. The fourth-order valence-electron chi connectivity index (χ4n) is 2.02. The molecule has 0 fully saturated rings. The minimum atomic E-state index is -0.190. The van der Waals surface area contributed by atoms with Crippen molar-refractivity contribution in [3.8, 4) is 0 Å². The lowest BCUT2D eigenvalue weighted by Gasteiger charge is -2.22. The highest BCUT2D eigenvalue weighted by molar-refractivity contribution is 5.22. The molecule has 0 aromatic heterocycles. The molecule has 4 heteroatoms. The standard InChI is InChI=1S/C13H17FN2O/c14-12-6-2-1-4-10(12)8-13(16-15)11-5-3-7-17-9-11/h1-2,4,6,9,13,16H,3,5,7-8,15H2. The van der Waals surface area contributed by atoms with Gasteiger partial charge in [-0.3, -0.25) is 11.3 Å². The Morgan fingerprint density at radius 2 is 2.24 bits per heavy atom. The zero-order valence-corrected chi connectivity index (χ0v) is 9.66. The molecule has 0 saturated heterocycles. The monoisotopic (exact) mass is 236 g/mol. The molecule has 3 nitrogen and oxygen atoms in total. The molecule has 1 aromatic rings. The van der Waals surface area contributed by atoms with Crippen LogP contribution in [0.25, 0.3) is 0 Å². The molecule has 1 unspecified atom stereocenters. The van der Waals surface area contributed by atoms with E-state index in [1.54, 1.807) is 18.4 Å². The van der Waals surface area contributed by atoms with Gasteiger partial charge >= 0.3 is 0 Å². The molecule has 17 heavy (non-hydrogen) atoms. The smallest absolute Gasteiger partial charge is 0.126 e. The van der Waals surface area contributed by atoms with Gasteiger partial charge < -0.3 is 4.74 Å². The molecule has 1 aliphatic heterocycles. The predicted octanol–water partition coefficient (Wildman–Crippen LogP) is 1.89. The van der Waals surface area contributed by atoms with Crippen molar-refractivity contribution in [2.75, 3.05) is 6.61 Å². The van der Waals surface area contributed by atoms with Gasteiger partial charge in [-0.15, -0.1) is 0 Å². The summed E-state index contributed by atoms with van der Waals surface area (Å²) in [5, 5.41) is 0. The maximum Gasteiger partial charge on any atom is 0.126 e. The largest absolute Gasteiger partial charge is 0.501 e. The first kappa shape index (κ1) is 12.1. The molecular formula is C13H17FN2O. The average Bonchev–Trinajstić information content (AvgIpc) is 2.39. The third-order valence-corrected chi connectivity index (χ3v) is 2.99. The molecule has 92 valence electrons. The van der Waals surface area contributed by atoms with Gasteiger partial charge in [-0.2, -0.15) is 0 Å². The SMILES string of the molecule is NNC(Cc1ccccc1F)C1=COCCC1. The normalized spacial score (nSPS) is 17.2. The molecule has 1 aliphatic rings. The van der Waals surface area contributed by atoms with E-state index in [9.17, 15) is 4.39 Å². The fourth-order valence-corrected chi connectivity index (χ4v) is 2.02. The van der Waals surface area contributed by atoms with Crippen LogP contribution in [0, 0.1) is 5.82 Å². The second-order valence-corrected chi connectivity index (χ2v) is 4.18. The van der Waals surface area contributed by atoms with Gasteiger partial charge in [-0.05, 0) is 36.5 Å². The maximum atomic E-state index is 13.5. The zero-order chi connectivity index (χ0) is 12.1. The van der Waals surface area contributed by atoms with E-state index in [-0.39, 0.29) is 11.9 Å². The predicted molar refractivity (Wildman–Crippen MR) is 64.5 cm³/mol. The van der Waals surface area contributed by atoms with Crippen LogP contribution in [0.4, 0.5) is 4.39 Å². The Balaban J connectivity index is 2.09. The van der Waals surface area contributed by atoms with E-state index in [4.69, 9.17) is 10.6 Å².